The molecule has 0 fully saturated rings. The Morgan fingerprint density at radius 2 is 2.62 bits per heavy atom. The molecule has 44 valence electrons. The minimum atomic E-state index is -0.407. The summed E-state index contributed by atoms with van der Waals surface area (Å²) in [6.45, 7) is 1.71. The van der Waals surface area contributed by atoms with Crippen LogP contribution in [0.3, 0.4) is 0 Å². The van der Waals surface area contributed by atoms with Crippen LogP contribution in [0.1, 0.15) is 18.0 Å². The summed E-state index contributed by atoms with van der Waals surface area (Å²) >= 11 is 1.47. The molecule has 0 aliphatic carbocycles. The summed E-state index contributed by atoms with van der Waals surface area (Å²) in [6.07, 6.45) is 1.28. The first-order valence-corrected chi connectivity index (χ1v) is 3.26. The van der Waals surface area contributed by atoms with Crippen LogP contribution in [0.4, 0.5) is 0 Å². The van der Waals surface area contributed by atoms with E-state index in [1.54, 1.807) is 13.1 Å². The Labute approximate surface area is 51.8 Å². The van der Waals surface area contributed by atoms with E-state index in [2.05, 4.69) is 4.98 Å². The Morgan fingerprint density at radius 3 is 2.88 bits per heavy atom. The molecule has 8 heavy (non-hydrogen) atoms. The van der Waals surface area contributed by atoms with Crippen LogP contribution in [0.5, 0.6) is 0 Å². The average Bonchev–Trinajstić information content (AvgIpc) is 2.12. The van der Waals surface area contributed by atoms with Gasteiger partial charge in [0.2, 0.25) is 0 Å². The Morgan fingerprint density at radius 1 is 1.88 bits per heavy atom. The summed E-state index contributed by atoms with van der Waals surface area (Å²) in [7, 11) is 0. The largest absolute Gasteiger partial charge is 0.386 e. The molecule has 1 aromatic heterocycles. The predicted octanol–water partition coefficient (Wildman–Crippen LogP) is 1.20. The first-order valence-electron chi connectivity index (χ1n) is 2.38. The van der Waals surface area contributed by atoms with E-state index in [-0.39, 0.29) is 0 Å². The van der Waals surface area contributed by atoms with Crippen molar-refractivity contribution in [2.45, 2.75) is 13.0 Å². The second-order valence-corrected chi connectivity index (χ2v) is 2.47. The van der Waals surface area contributed by atoms with Gasteiger partial charge in [0.25, 0.3) is 0 Å². The van der Waals surface area contributed by atoms with Gasteiger partial charge in [-0.15, -0.1) is 11.3 Å². The number of thiazole rings is 1. The minimum absolute atomic E-state index is 0.407. The quantitative estimate of drug-likeness (QED) is 0.618. The van der Waals surface area contributed by atoms with Crippen molar-refractivity contribution in [2.24, 2.45) is 0 Å². The van der Waals surface area contributed by atoms with Crippen molar-refractivity contribution in [1.29, 1.82) is 0 Å². The van der Waals surface area contributed by atoms with Gasteiger partial charge < -0.3 is 5.11 Å². The minimum Gasteiger partial charge on any atom is -0.386 e. The molecule has 0 amide bonds. The molecule has 0 bridgehead atoms. The second kappa shape index (κ2) is 2.24. The lowest BCUT2D eigenvalue weighted by atomic mass is 10.4. The highest BCUT2D eigenvalue weighted by molar-refractivity contribution is 7.09. The number of rotatable bonds is 1. The van der Waals surface area contributed by atoms with Gasteiger partial charge in [-0.1, -0.05) is 0 Å². The third-order valence-corrected chi connectivity index (χ3v) is 1.75. The summed E-state index contributed by atoms with van der Waals surface area (Å²) in [6, 6.07) is 0. The molecule has 1 rings (SSSR count). The standard InChI is InChI=1S/C5H7NOS/c1-4(7)5-6-2-3-8-5/h2-4,7H,1H3/t4-/m1/s1. The maximum atomic E-state index is 8.86. The van der Waals surface area contributed by atoms with Gasteiger partial charge in [0.05, 0.1) is 0 Å². The highest BCUT2D eigenvalue weighted by Crippen LogP contribution is 2.12. The molecule has 1 atom stereocenters. The molecule has 1 heterocycles. The van der Waals surface area contributed by atoms with Crippen molar-refractivity contribution in [1.82, 2.24) is 4.98 Å². The van der Waals surface area contributed by atoms with E-state index >= 15 is 0 Å². The van der Waals surface area contributed by atoms with Gasteiger partial charge in [0, 0.05) is 11.6 Å². The summed E-state index contributed by atoms with van der Waals surface area (Å²) in [5.41, 5.74) is 0. The van der Waals surface area contributed by atoms with Crippen molar-refractivity contribution in [2.75, 3.05) is 0 Å². The van der Waals surface area contributed by atoms with Crippen LogP contribution in [-0.4, -0.2) is 10.1 Å². The maximum Gasteiger partial charge on any atom is 0.121 e. The monoisotopic (exact) mass is 129 g/mol. The maximum absolute atomic E-state index is 8.86. The van der Waals surface area contributed by atoms with Gasteiger partial charge in [0.1, 0.15) is 11.1 Å². The Bertz CT molecular complexity index is 147. The zero-order valence-corrected chi connectivity index (χ0v) is 5.35. The fourth-order valence-corrected chi connectivity index (χ4v) is 1.02. The number of nitrogens with zero attached hydrogens (tertiary/aromatic N) is 1. The number of aromatic nitrogens is 1. The van der Waals surface area contributed by atoms with Crippen molar-refractivity contribution >= 4 is 11.3 Å². The van der Waals surface area contributed by atoms with E-state index in [4.69, 9.17) is 5.11 Å². The van der Waals surface area contributed by atoms with Gasteiger partial charge in [-0.25, -0.2) is 4.98 Å². The van der Waals surface area contributed by atoms with Crippen molar-refractivity contribution in [3.8, 4) is 0 Å². The van der Waals surface area contributed by atoms with Crippen LogP contribution in [0, 0.1) is 0 Å². The number of aliphatic hydroxyl groups excluding tert-OH is 1. The zero-order valence-electron chi connectivity index (χ0n) is 4.53. The van der Waals surface area contributed by atoms with E-state index in [1.165, 1.54) is 11.3 Å². The van der Waals surface area contributed by atoms with Crippen molar-refractivity contribution in [3.05, 3.63) is 16.6 Å². The van der Waals surface area contributed by atoms with E-state index in [1.807, 2.05) is 5.38 Å². The van der Waals surface area contributed by atoms with E-state index in [0.717, 1.165) is 5.01 Å². The zero-order chi connectivity index (χ0) is 5.98. The topological polar surface area (TPSA) is 33.1 Å². The third kappa shape index (κ3) is 1.05. The fraction of sp³-hybridized carbons (Fsp3) is 0.400. The Kier molecular flexibility index (Phi) is 1.60. The molecule has 2 nitrogen and oxygen atoms in total. The third-order valence-electron chi connectivity index (χ3n) is 0.809. The number of hydrogen-bond donors (Lipinski definition) is 1. The van der Waals surface area contributed by atoms with Gasteiger partial charge >= 0.3 is 0 Å². The molecule has 0 spiro atoms. The van der Waals surface area contributed by atoms with Crippen LogP contribution in [0.15, 0.2) is 11.6 Å². The smallest absolute Gasteiger partial charge is 0.121 e. The SMILES string of the molecule is C[C@@H](O)c1nccs1. The highest BCUT2D eigenvalue weighted by Gasteiger charge is 1.99. The summed E-state index contributed by atoms with van der Waals surface area (Å²) in [5.74, 6) is 0. The van der Waals surface area contributed by atoms with Gasteiger partial charge in [-0.05, 0) is 6.92 Å². The normalized spacial score (nSPS) is 13.8. The predicted molar refractivity (Wildman–Crippen MR) is 32.7 cm³/mol. The summed E-state index contributed by atoms with van der Waals surface area (Å²) < 4.78 is 0. The van der Waals surface area contributed by atoms with E-state index in [0.29, 0.717) is 0 Å². The average molecular weight is 129 g/mol. The van der Waals surface area contributed by atoms with Crippen LogP contribution >= 0.6 is 11.3 Å². The molecule has 1 N–H and O–H groups in total. The van der Waals surface area contributed by atoms with E-state index in [9.17, 15) is 0 Å². The summed E-state index contributed by atoms with van der Waals surface area (Å²) in [5, 5.41) is 11.5. The highest BCUT2D eigenvalue weighted by atomic mass is 32.1. The number of aliphatic hydroxyl groups is 1. The molecule has 0 aliphatic rings. The van der Waals surface area contributed by atoms with Crippen LogP contribution in [-0.2, 0) is 0 Å². The first-order chi connectivity index (χ1) is 3.80. The molecular weight excluding hydrogens is 122 g/mol. The fourth-order valence-electron chi connectivity index (χ4n) is 0.441. The lowest BCUT2D eigenvalue weighted by Crippen LogP contribution is -1.86. The summed E-state index contributed by atoms with van der Waals surface area (Å²) in [4.78, 5) is 3.88. The molecule has 0 saturated heterocycles. The van der Waals surface area contributed by atoms with Crippen LogP contribution in [0.25, 0.3) is 0 Å². The van der Waals surface area contributed by atoms with E-state index < -0.39 is 6.10 Å². The second-order valence-electron chi connectivity index (χ2n) is 1.55. The molecule has 0 saturated carbocycles. The first kappa shape index (κ1) is 5.72. The molecule has 0 aromatic carbocycles. The van der Waals surface area contributed by atoms with Crippen LogP contribution < -0.4 is 0 Å². The molecule has 0 unspecified atom stereocenters. The van der Waals surface area contributed by atoms with Gasteiger partial charge in [-0.2, -0.15) is 0 Å². The molecule has 3 heteroatoms. The van der Waals surface area contributed by atoms with Gasteiger partial charge in [0.15, 0.2) is 0 Å². The lowest BCUT2D eigenvalue weighted by Gasteiger charge is -1.93. The lowest BCUT2D eigenvalue weighted by molar-refractivity contribution is 0.199. The Balaban J connectivity index is 2.77. The molecule has 0 aliphatic heterocycles. The Hall–Kier alpha value is -0.410. The molecular formula is C5H7NOS. The molecule has 1 aromatic rings. The van der Waals surface area contributed by atoms with Crippen molar-refractivity contribution in [3.63, 3.8) is 0 Å². The number of hydrogen-bond acceptors (Lipinski definition) is 3. The van der Waals surface area contributed by atoms with Gasteiger partial charge in [-0.3, -0.25) is 0 Å². The van der Waals surface area contributed by atoms with Crippen LogP contribution in [0.2, 0.25) is 0 Å². The molecule has 0 radical (unpaired) electrons. The van der Waals surface area contributed by atoms with Crippen molar-refractivity contribution < 1.29 is 5.11 Å².